The van der Waals surface area contributed by atoms with Crippen molar-refractivity contribution in [1.82, 2.24) is 4.98 Å². The molecule has 1 fully saturated rings. The van der Waals surface area contributed by atoms with Crippen molar-refractivity contribution in [2.45, 2.75) is 42.2 Å². The van der Waals surface area contributed by atoms with Gasteiger partial charge in [0.2, 0.25) is 0 Å². The third kappa shape index (κ3) is 2.51. The van der Waals surface area contributed by atoms with Crippen molar-refractivity contribution >= 4 is 22.7 Å². The minimum absolute atomic E-state index is 0.180. The molecule has 0 aliphatic heterocycles. The third-order valence-electron chi connectivity index (χ3n) is 3.51. The van der Waals surface area contributed by atoms with E-state index in [0.29, 0.717) is 5.25 Å². The van der Waals surface area contributed by atoms with Crippen LogP contribution in [0.4, 0.5) is 4.39 Å². The zero-order valence-electron chi connectivity index (χ0n) is 10.2. The summed E-state index contributed by atoms with van der Waals surface area (Å²) in [6, 6.07) is 6.86. The van der Waals surface area contributed by atoms with E-state index < -0.39 is 0 Å². The van der Waals surface area contributed by atoms with Crippen LogP contribution in [0.15, 0.2) is 35.4 Å². The topological polar surface area (TPSA) is 12.9 Å². The van der Waals surface area contributed by atoms with Gasteiger partial charge in [0.05, 0.1) is 5.52 Å². The van der Waals surface area contributed by atoms with Crippen LogP contribution in [0.1, 0.15) is 32.1 Å². The van der Waals surface area contributed by atoms with Crippen molar-refractivity contribution in [2.75, 3.05) is 0 Å². The molecule has 1 aliphatic rings. The molecule has 94 valence electrons. The van der Waals surface area contributed by atoms with Gasteiger partial charge in [-0.2, -0.15) is 0 Å². The van der Waals surface area contributed by atoms with Gasteiger partial charge >= 0.3 is 0 Å². The van der Waals surface area contributed by atoms with Crippen LogP contribution in [-0.4, -0.2) is 10.2 Å². The number of nitrogens with zero attached hydrogens (tertiary/aromatic N) is 1. The first-order valence-electron chi connectivity index (χ1n) is 6.54. The summed E-state index contributed by atoms with van der Waals surface area (Å²) in [6.07, 6.45) is 8.41. The molecular weight excluding hydrogens is 245 g/mol. The van der Waals surface area contributed by atoms with E-state index in [1.807, 2.05) is 24.0 Å². The molecule has 0 amide bonds. The summed E-state index contributed by atoms with van der Waals surface area (Å²) >= 11 is 1.90. The van der Waals surface area contributed by atoms with Crippen molar-refractivity contribution in [2.24, 2.45) is 0 Å². The second-order valence-electron chi connectivity index (χ2n) is 4.85. The molecule has 1 aliphatic carbocycles. The molecule has 1 heterocycles. The van der Waals surface area contributed by atoms with Crippen LogP contribution in [-0.2, 0) is 0 Å². The number of fused-ring (bicyclic) bond motifs is 1. The van der Waals surface area contributed by atoms with Gasteiger partial charge in [-0.05, 0) is 37.1 Å². The molecule has 0 radical (unpaired) electrons. The highest BCUT2D eigenvalue weighted by Crippen LogP contribution is 2.36. The number of pyridine rings is 1. The molecule has 1 aromatic carbocycles. The predicted octanol–water partition coefficient (Wildman–Crippen LogP) is 4.80. The molecule has 18 heavy (non-hydrogen) atoms. The molecule has 1 aromatic heterocycles. The SMILES string of the molecule is Fc1ccc2nccc(SC3CCCCC3)c2c1. The van der Waals surface area contributed by atoms with Crippen LogP contribution < -0.4 is 0 Å². The highest BCUT2D eigenvalue weighted by molar-refractivity contribution is 8.00. The molecule has 0 N–H and O–H groups in total. The fraction of sp³-hybridized carbons (Fsp3) is 0.400. The Morgan fingerprint density at radius 3 is 2.78 bits per heavy atom. The summed E-state index contributed by atoms with van der Waals surface area (Å²) < 4.78 is 13.4. The monoisotopic (exact) mass is 261 g/mol. The number of thioether (sulfide) groups is 1. The van der Waals surface area contributed by atoms with E-state index in [4.69, 9.17) is 0 Å². The number of halogens is 1. The molecule has 0 atom stereocenters. The Morgan fingerprint density at radius 1 is 1.11 bits per heavy atom. The molecule has 1 nitrogen and oxygen atoms in total. The zero-order chi connectivity index (χ0) is 12.4. The predicted molar refractivity (Wildman–Crippen MR) is 74.4 cm³/mol. The lowest BCUT2D eigenvalue weighted by Gasteiger charge is -2.21. The number of rotatable bonds is 2. The van der Waals surface area contributed by atoms with Gasteiger partial charge in [0.1, 0.15) is 5.82 Å². The maximum absolute atomic E-state index is 13.4. The van der Waals surface area contributed by atoms with E-state index >= 15 is 0 Å². The summed E-state index contributed by atoms with van der Waals surface area (Å²) in [4.78, 5) is 5.47. The van der Waals surface area contributed by atoms with Crippen molar-refractivity contribution in [3.63, 3.8) is 0 Å². The average Bonchev–Trinajstić information content (AvgIpc) is 2.41. The van der Waals surface area contributed by atoms with Gasteiger partial charge in [-0.3, -0.25) is 4.98 Å². The molecule has 2 aromatic rings. The Bertz CT molecular complexity index is 549. The quantitative estimate of drug-likeness (QED) is 0.770. The fourth-order valence-electron chi connectivity index (χ4n) is 2.56. The van der Waals surface area contributed by atoms with Crippen molar-refractivity contribution in [1.29, 1.82) is 0 Å². The van der Waals surface area contributed by atoms with Crippen LogP contribution in [0.5, 0.6) is 0 Å². The van der Waals surface area contributed by atoms with Crippen molar-refractivity contribution < 1.29 is 4.39 Å². The van der Waals surface area contributed by atoms with Gasteiger partial charge in [-0.1, -0.05) is 19.3 Å². The van der Waals surface area contributed by atoms with E-state index in [0.717, 1.165) is 10.9 Å². The summed E-state index contributed by atoms with van der Waals surface area (Å²) in [5.74, 6) is -0.180. The molecule has 0 unspecified atom stereocenters. The normalized spacial score (nSPS) is 17.2. The third-order valence-corrected chi connectivity index (χ3v) is 4.92. The van der Waals surface area contributed by atoms with Gasteiger partial charge in [-0.25, -0.2) is 4.39 Å². The number of benzene rings is 1. The Kier molecular flexibility index (Phi) is 3.50. The summed E-state index contributed by atoms with van der Waals surface area (Å²) in [5, 5.41) is 1.64. The summed E-state index contributed by atoms with van der Waals surface area (Å²) in [6.45, 7) is 0. The Balaban J connectivity index is 1.92. The first kappa shape index (κ1) is 12.0. The van der Waals surface area contributed by atoms with E-state index in [2.05, 4.69) is 4.98 Å². The Labute approximate surface area is 111 Å². The van der Waals surface area contributed by atoms with Crippen molar-refractivity contribution in [3.8, 4) is 0 Å². The average molecular weight is 261 g/mol. The van der Waals surface area contributed by atoms with E-state index in [1.54, 1.807) is 12.1 Å². The molecular formula is C15H16FNS. The van der Waals surface area contributed by atoms with Gasteiger partial charge in [-0.15, -0.1) is 11.8 Å². The van der Waals surface area contributed by atoms with E-state index in [1.165, 1.54) is 43.1 Å². The first-order chi connectivity index (χ1) is 8.83. The first-order valence-corrected chi connectivity index (χ1v) is 7.42. The lowest BCUT2D eigenvalue weighted by Crippen LogP contribution is -2.07. The van der Waals surface area contributed by atoms with Gasteiger partial charge in [0, 0.05) is 21.7 Å². The second kappa shape index (κ2) is 5.27. The minimum atomic E-state index is -0.180. The van der Waals surface area contributed by atoms with Crippen LogP contribution in [0.2, 0.25) is 0 Å². The largest absolute Gasteiger partial charge is 0.256 e. The highest BCUT2D eigenvalue weighted by Gasteiger charge is 2.16. The van der Waals surface area contributed by atoms with Crippen LogP contribution >= 0.6 is 11.8 Å². The van der Waals surface area contributed by atoms with Crippen LogP contribution in [0, 0.1) is 5.82 Å². The number of aromatic nitrogens is 1. The Morgan fingerprint density at radius 2 is 1.94 bits per heavy atom. The molecule has 0 saturated heterocycles. The zero-order valence-corrected chi connectivity index (χ0v) is 11.0. The molecule has 0 bridgehead atoms. The lowest BCUT2D eigenvalue weighted by atomic mass is 10.0. The van der Waals surface area contributed by atoms with E-state index in [9.17, 15) is 4.39 Å². The van der Waals surface area contributed by atoms with Crippen molar-refractivity contribution in [3.05, 3.63) is 36.3 Å². The summed E-state index contributed by atoms with van der Waals surface area (Å²) in [7, 11) is 0. The minimum Gasteiger partial charge on any atom is -0.256 e. The molecule has 3 heteroatoms. The summed E-state index contributed by atoms with van der Waals surface area (Å²) in [5.41, 5.74) is 0.886. The highest BCUT2D eigenvalue weighted by atomic mass is 32.2. The smallest absolute Gasteiger partial charge is 0.124 e. The molecule has 1 saturated carbocycles. The molecule has 0 spiro atoms. The van der Waals surface area contributed by atoms with Gasteiger partial charge < -0.3 is 0 Å². The maximum Gasteiger partial charge on any atom is 0.124 e. The Hall–Kier alpha value is -1.09. The number of hydrogen-bond donors (Lipinski definition) is 0. The maximum atomic E-state index is 13.4. The van der Waals surface area contributed by atoms with Crippen LogP contribution in [0.3, 0.4) is 0 Å². The van der Waals surface area contributed by atoms with Gasteiger partial charge in [0.15, 0.2) is 0 Å². The fourth-order valence-corrected chi connectivity index (χ4v) is 3.92. The van der Waals surface area contributed by atoms with Gasteiger partial charge in [0.25, 0.3) is 0 Å². The number of hydrogen-bond acceptors (Lipinski definition) is 2. The second-order valence-corrected chi connectivity index (χ2v) is 6.19. The van der Waals surface area contributed by atoms with Crippen LogP contribution in [0.25, 0.3) is 10.9 Å². The molecule has 3 rings (SSSR count). The lowest BCUT2D eigenvalue weighted by molar-refractivity contribution is 0.516. The standard InChI is InChI=1S/C15H16FNS/c16-11-6-7-14-13(10-11)15(8-9-17-14)18-12-4-2-1-3-5-12/h6-10,12H,1-5H2. The van der Waals surface area contributed by atoms with E-state index in [-0.39, 0.29) is 5.82 Å².